The molecule has 0 radical (unpaired) electrons. The Morgan fingerprint density at radius 2 is 1.48 bits per heavy atom. The average molecular weight is 321 g/mol. The van der Waals surface area contributed by atoms with Gasteiger partial charge in [0.1, 0.15) is 0 Å². The highest BCUT2D eigenvalue weighted by Gasteiger charge is 2.35. The van der Waals surface area contributed by atoms with Crippen LogP contribution in [0.4, 0.5) is 18.9 Å². The predicted molar refractivity (Wildman–Crippen MR) is 84.2 cm³/mol. The van der Waals surface area contributed by atoms with Gasteiger partial charge in [-0.3, -0.25) is 4.79 Å². The molecule has 0 saturated heterocycles. The van der Waals surface area contributed by atoms with Crippen molar-refractivity contribution in [3.05, 3.63) is 65.7 Å². The number of rotatable bonds is 4. The third-order valence-corrected chi connectivity index (χ3v) is 4.09. The smallest absolute Gasteiger partial charge is 0.325 e. The normalized spacial score (nSPS) is 14.1. The first-order valence-electron chi connectivity index (χ1n) is 7.31. The van der Waals surface area contributed by atoms with E-state index in [4.69, 9.17) is 0 Å². The monoisotopic (exact) mass is 321 g/mol. The zero-order chi connectivity index (χ0) is 17.1. The maximum Gasteiger partial charge on any atom is 0.416 e. The third kappa shape index (κ3) is 3.73. The molecule has 1 atom stereocenters. The van der Waals surface area contributed by atoms with E-state index in [1.54, 1.807) is 31.2 Å². The summed E-state index contributed by atoms with van der Waals surface area (Å²) >= 11 is 0. The fourth-order valence-corrected chi connectivity index (χ4v) is 2.31. The van der Waals surface area contributed by atoms with Crippen molar-refractivity contribution in [2.75, 3.05) is 5.32 Å². The number of carbonyl (C=O) groups excluding carboxylic acids is 1. The van der Waals surface area contributed by atoms with Crippen molar-refractivity contribution in [1.29, 1.82) is 0 Å². The van der Waals surface area contributed by atoms with Crippen molar-refractivity contribution in [3.8, 4) is 0 Å². The number of benzene rings is 2. The van der Waals surface area contributed by atoms with Gasteiger partial charge in [-0.2, -0.15) is 13.2 Å². The van der Waals surface area contributed by atoms with Gasteiger partial charge < -0.3 is 5.32 Å². The lowest BCUT2D eigenvalue weighted by Crippen LogP contribution is -2.37. The van der Waals surface area contributed by atoms with Gasteiger partial charge in [0.25, 0.3) is 0 Å². The molecule has 0 aromatic heterocycles. The summed E-state index contributed by atoms with van der Waals surface area (Å²) in [5.74, 6) is -0.244. The maximum atomic E-state index is 12.7. The number of para-hydroxylation sites is 1. The van der Waals surface area contributed by atoms with Gasteiger partial charge >= 0.3 is 6.18 Å². The molecule has 0 fully saturated rings. The summed E-state index contributed by atoms with van der Waals surface area (Å²) in [6, 6.07) is 13.7. The second kappa shape index (κ2) is 6.44. The molecule has 5 heteroatoms. The first-order chi connectivity index (χ1) is 10.8. The van der Waals surface area contributed by atoms with Gasteiger partial charge in [-0.15, -0.1) is 0 Å². The van der Waals surface area contributed by atoms with E-state index < -0.39 is 17.2 Å². The minimum absolute atomic E-state index is 0.244. The Morgan fingerprint density at radius 3 is 1.96 bits per heavy atom. The highest BCUT2D eigenvalue weighted by molar-refractivity contribution is 5.98. The third-order valence-electron chi connectivity index (χ3n) is 4.09. The molecule has 2 aromatic carbocycles. The van der Waals surface area contributed by atoms with Gasteiger partial charge in [-0.05, 0) is 43.2 Å². The number of halogens is 3. The van der Waals surface area contributed by atoms with Crippen molar-refractivity contribution >= 4 is 11.6 Å². The minimum Gasteiger partial charge on any atom is -0.325 e. The van der Waals surface area contributed by atoms with Crippen LogP contribution in [0.15, 0.2) is 54.6 Å². The van der Waals surface area contributed by atoms with Gasteiger partial charge in [0.2, 0.25) is 5.91 Å². The van der Waals surface area contributed by atoms with Crippen LogP contribution < -0.4 is 5.32 Å². The van der Waals surface area contributed by atoms with Crippen LogP contribution in [0.5, 0.6) is 0 Å². The molecule has 0 aliphatic rings. The highest BCUT2D eigenvalue weighted by atomic mass is 19.4. The van der Waals surface area contributed by atoms with Gasteiger partial charge in [0, 0.05) is 5.69 Å². The Balaban J connectivity index is 2.27. The topological polar surface area (TPSA) is 29.1 Å². The molecule has 2 aromatic rings. The summed E-state index contributed by atoms with van der Waals surface area (Å²) in [5.41, 5.74) is -0.409. The summed E-state index contributed by atoms with van der Waals surface area (Å²) in [7, 11) is 0. The van der Waals surface area contributed by atoms with Crippen LogP contribution in [0.3, 0.4) is 0 Å². The Kier molecular flexibility index (Phi) is 4.78. The van der Waals surface area contributed by atoms with Crippen molar-refractivity contribution in [2.45, 2.75) is 31.9 Å². The van der Waals surface area contributed by atoms with Gasteiger partial charge in [0.15, 0.2) is 0 Å². The molecule has 0 aliphatic carbocycles. The van der Waals surface area contributed by atoms with Crippen molar-refractivity contribution in [3.63, 3.8) is 0 Å². The van der Waals surface area contributed by atoms with Crippen LogP contribution in [-0.2, 0) is 16.4 Å². The summed E-state index contributed by atoms with van der Waals surface area (Å²) < 4.78 is 38.0. The van der Waals surface area contributed by atoms with Crippen molar-refractivity contribution < 1.29 is 18.0 Å². The summed E-state index contributed by atoms with van der Waals surface area (Å²) in [4.78, 5) is 12.6. The Bertz CT molecular complexity index is 665. The molecule has 1 N–H and O–H groups in total. The SMILES string of the molecule is CCC(C)(C(=O)Nc1ccccc1)c1ccc(C(F)(F)F)cc1. The second-order valence-corrected chi connectivity index (χ2v) is 5.58. The van der Waals surface area contributed by atoms with E-state index in [-0.39, 0.29) is 5.91 Å². The van der Waals surface area contributed by atoms with E-state index in [0.29, 0.717) is 17.7 Å². The minimum atomic E-state index is -4.38. The van der Waals surface area contributed by atoms with Gasteiger partial charge in [-0.25, -0.2) is 0 Å². The van der Waals surface area contributed by atoms with E-state index in [2.05, 4.69) is 5.32 Å². The quantitative estimate of drug-likeness (QED) is 0.842. The lowest BCUT2D eigenvalue weighted by Gasteiger charge is -2.28. The fourth-order valence-electron chi connectivity index (χ4n) is 2.31. The molecule has 0 saturated carbocycles. The van der Waals surface area contributed by atoms with Crippen molar-refractivity contribution in [2.24, 2.45) is 0 Å². The maximum absolute atomic E-state index is 12.7. The lowest BCUT2D eigenvalue weighted by atomic mass is 9.79. The number of amides is 1. The second-order valence-electron chi connectivity index (χ2n) is 5.58. The van der Waals surface area contributed by atoms with Crippen LogP contribution in [0.25, 0.3) is 0 Å². The molecular weight excluding hydrogens is 303 g/mol. The number of hydrogen-bond donors (Lipinski definition) is 1. The van der Waals surface area contributed by atoms with Gasteiger partial charge in [0.05, 0.1) is 11.0 Å². The lowest BCUT2D eigenvalue weighted by molar-refractivity contribution is -0.137. The highest BCUT2D eigenvalue weighted by Crippen LogP contribution is 2.33. The van der Waals surface area contributed by atoms with E-state index in [1.165, 1.54) is 12.1 Å². The Labute approximate surface area is 133 Å². The summed E-state index contributed by atoms with van der Waals surface area (Å²) in [5, 5.41) is 2.82. The van der Waals surface area contributed by atoms with E-state index in [0.717, 1.165) is 12.1 Å². The Hall–Kier alpha value is -2.30. The number of hydrogen-bond acceptors (Lipinski definition) is 1. The molecule has 23 heavy (non-hydrogen) atoms. The molecule has 122 valence electrons. The van der Waals surface area contributed by atoms with E-state index in [9.17, 15) is 18.0 Å². The molecule has 0 bridgehead atoms. The molecule has 1 amide bonds. The van der Waals surface area contributed by atoms with Crippen LogP contribution in [-0.4, -0.2) is 5.91 Å². The first-order valence-corrected chi connectivity index (χ1v) is 7.31. The van der Waals surface area contributed by atoms with Crippen LogP contribution in [0.1, 0.15) is 31.4 Å². The molecule has 0 aliphatic heterocycles. The molecule has 2 nitrogen and oxygen atoms in total. The summed E-state index contributed by atoms with van der Waals surface area (Å²) in [6.07, 6.45) is -3.91. The van der Waals surface area contributed by atoms with Crippen LogP contribution >= 0.6 is 0 Å². The van der Waals surface area contributed by atoms with E-state index >= 15 is 0 Å². The van der Waals surface area contributed by atoms with Crippen LogP contribution in [0.2, 0.25) is 0 Å². The average Bonchev–Trinajstić information content (AvgIpc) is 2.54. The van der Waals surface area contributed by atoms with Crippen LogP contribution in [0, 0.1) is 0 Å². The molecular formula is C18H18F3NO. The standard InChI is InChI=1S/C18H18F3NO/c1-3-17(2,16(23)22-15-7-5-4-6-8-15)13-9-11-14(12-10-13)18(19,20)21/h4-12H,3H2,1-2H3,(H,22,23). The number of anilines is 1. The number of alkyl halides is 3. The molecule has 1 unspecified atom stereocenters. The Morgan fingerprint density at radius 1 is 0.957 bits per heavy atom. The number of nitrogens with one attached hydrogen (secondary N) is 1. The molecule has 0 spiro atoms. The largest absolute Gasteiger partial charge is 0.416 e. The fraction of sp³-hybridized carbons (Fsp3) is 0.278. The summed E-state index contributed by atoms with van der Waals surface area (Å²) in [6.45, 7) is 3.57. The number of carbonyl (C=O) groups is 1. The molecule has 0 heterocycles. The first kappa shape index (κ1) is 17.1. The zero-order valence-corrected chi connectivity index (χ0v) is 12.9. The predicted octanol–water partition coefficient (Wildman–Crippen LogP) is 5.01. The van der Waals surface area contributed by atoms with Crippen molar-refractivity contribution in [1.82, 2.24) is 0 Å². The van der Waals surface area contributed by atoms with Gasteiger partial charge in [-0.1, -0.05) is 37.3 Å². The van der Waals surface area contributed by atoms with E-state index in [1.807, 2.05) is 13.0 Å². The zero-order valence-electron chi connectivity index (χ0n) is 12.9. The molecule has 2 rings (SSSR count).